The first-order valence-corrected chi connectivity index (χ1v) is 19.2. The van der Waals surface area contributed by atoms with Crippen molar-refractivity contribution in [2.75, 3.05) is 0 Å². The average molecular weight is 725 g/mol. The molecule has 0 radical (unpaired) electrons. The van der Waals surface area contributed by atoms with Gasteiger partial charge in [0.1, 0.15) is 0 Å². The monoisotopic (exact) mass is 722 g/mol. The number of halogens is 3. The smallest absolute Gasteiger partial charge is 0.0683 e. The molecule has 6 rings (SSSR count). The van der Waals surface area contributed by atoms with Gasteiger partial charge in [-0.1, -0.05) is 114 Å². The third-order valence-corrected chi connectivity index (χ3v) is 15.1. The molecule has 3 aromatic carbocycles. The van der Waals surface area contributed by atoms with Gasteiger partial charge in [0.25, 0.3) is 0 Å². The predicted octanol–water partition coefficient (Wildman–Crippen LogP) is 12.0. The SMILES string of the molecule is CC1=Cc2c(Br)cc(C)cc2C1[Si](C)(C)C1C(C)=Cc2c(Br)cc(C)cc21.CC1=Cc2cc(C)cc(Br)c2C1. The van der Waals surface area contributed by atoms with Crippen molar-refractivity contribution in [3.05, 3.63) is 117 Å². The molecule has 3 aliphatic carbocycles. The second-order valence-corrected chi connectivity index (χ2v) is 19.8. The highest BCUT2D eigenvalue weighted by Crippen LogP contribution is 2.54. The van der Waals surface area contributed by atoms with Crippen molar-refractivity contribution in [3.63, 3.8) is 0 Å². The summed E-state index contributed by atoms with van der Waals surface area (Å²) in [5.74, 6) is 0. The van der Waals surface area contributed by atoms with Gasteiger partial charge in [0, 0.05) is 24.5 Å². The quantitative estimate of drug-likeness (QED) is 0.231. The van der Waals surface area contributed by atoms with E-state index in [2.05, 4.69) is 157 Å². The third kappa shape index (κ3) is 5.32. The molecule has 0 N–H and O–H groups in total. The summed E-state index contributed by atoms with van der Waals surface area (Å²) in [4.78, 5) is 0. The molecule has 0 aromatic heterocycles. The summed E-state index contributed by atoms with van der Waals surface area (Å²) < 4.78 is 3.73. The van der Waals surface area contributed by atoms with Crippen LogP contribution in [0.2, 0.25) is 13.1 Å². The molecule has 0 spiro atoms. The van der Waals surface area contributed by atoms with Gasteiger partial charge in [0.2, 0.25) is 0 Å². The summed E-state index contributed by atoms with van der Waals surface area (Å²) in [6, 6.07) is 13.8. The summed E-state index contributed by atoms with van der Waals surface area (Å²) >= 11 is 11.2. The summed E-state index contributed by atoms with van der Waals surface area (Å²) in [5.41, 5.74) is 18.3. The Morgan fingerprint density at radius 3 is 1.51 bits per heavy atom. The number of rotatable bonds is 2. The summed E-state index contributed by atoms with van der Waals surface area (Å²) in [6.45, 7) is 18.6. The van der Waals surface area contributed by atoms with Gasteiger partial charge < -0.3 is 0 Å². The van der Waals surface area contributed by atoms with Crippen molar-refractivity contribution in [1.82, 2.24) is 0 Å². The minimum atomic E-state index is -1.74. The predicted molar refractivity (Wildman–Crippen MR) is 184 cm³/mol. The minimum Gasteiger partial charge on any atom is -0.0683 e. The number of hydrogen-bond acceptors (Lipinski definition) is 0. The van der Waals surface area contributed by atoms with Crippen LogP contribution in [-0.2, 0) is 6.42 Å². The first kappa shape index (κ1) is 29.0. The fourth-order valence-electron chi connectivity index (χ4n) is 7.31. The molecule has 0 saturated heterocycles. The zero-order valence-corrected chi connectivity index (χ0v) is 29.9. The fourth-order valence-corrected chi connectivity index (χ4v) is 14.4. The average Bonchev–Trinajstić information content (AvgIpc) is 3.46. The molecule has 3 aliphatic rings. The van der Waals surface area contributed by atoms with Crippen LogP contribution in [0.1, 0.15) is 81.9 Å². The lowest BCUT2D eigenvalue weighted by molar-refractivity contribution is 0.964. The van der Waals surface area contributed by atoms with Crippen molar-refractivity contribution < 1.29 is 0 Å². The number of hydrogen-bond donors (Lipinski definition) is 0. The van der Waals surface area contributed by atoms with Crippen LogP contribution in [0.25, 0.3) is 18.2 Å². The van der Waals surface area contributed by atoms with Gasteiger partial charge in [-0.05, 0) is 116 Å². The van der Waals surface area contributed by atoms with E-state index in [0.29, 0.717) is 11.1 Å². The van der Waals surface area contributed by atoms with Crippen LogP contribution in [0.3, 0.4) is 0 Å². The highest BCUT2D eigenvalue weighted by Gasteiger charge is 2.47. The standard InChI is InChI=1S/C24H26Br2Si.C11H11Br/c1-13-7-19-17(21(25)9-13)11-15(3)23(19)27(5,6)24-16(4)12-18-20(24)8-14(2)10-22(18)26;1-7-3-9-4-8(2)6-11(12)10(9)5-7/h7-12,23-24H,1-6H3;3-4,6H,5H2,1-2H3. The Kier molecular flexibility index (Phi) is 8.00. The van der Waals surface area contributed by atoms with Gasteiger partial charge in [0.05, 0.1) is 8.07 Å². The van der Waals surface area contributed by atoms with E-state index in [4.69, 9.17) is 0 Å². The van der Waals surface area contributed by atoms with Gasteiger partial charge in [-0.2, -0.15) is 0 Å². The minimum absolute atomic E-state index is 0.558. The molecule has 0 nitrogen and oxygen atoms in total. The molecular weight excluding hydrogens is 688 g/mol. The first-order chi connectivity index (χ1) is 18.3. The van der Waals surface area contributed by atoms with E-state index in [-0.39, 0.29) is 0 Å². The fraction of sp³-hybridized carbons (Fsp3) is 0.314. The van der Waals surface area contributed by atoms with Gasteiger partial charge in [-0.3, -0.25) is 0 Å². The van der Waals surface area contributed by atoms with Gasteiger partial charge >= 0.3 is 0 Å². The molecule has 0 saturated carbocycles. The second-order valence-electron chi connectivity index (χ2n) is 12.4. The van der Waals surface area contributed by atoms with E-state index in [9.17, 15) is 0 Å². The highest BCUT2D eigenvalue weighted by molar-refractivity contribution is 9.11. The van der Waals surface area contributed by atoms with Crippen molar-refractivity contribution >= 4 is 74.1 Å². The lowest BCUT2D eigenvalue weighted by atomic mass is 10.1. The summed E-state index contributed by atoms with van der Waals surface area (Å²) in [5, 5.41) is 0. The molecular formula is C35H37Br3Si. The van der Waals surface area contributed by atoms with Crippen molar-refractivity contribution in [1.29, 1.82) is 0 Å². The summed E-state index contributed by atoms with van der Waals surface area (Å²) in [7, 11) is -1.74. The molecule has 0 heterocycles. The Hall–Kier alpha value is -1.46. The molecule has 0 aliphatic heterocycles. The lowest BCUT2D eigenvalue weighted by Crippen LogP contribution is -2.42. The molecule has 3 aromatic rings. The zero-order chi connectivity index (χ0) is 28.4. The maximum absolute atomic E-state index is 3.81. The first-order valence-electron chi connectivity index (χ1n) is 13.7. The maximum atomic E-state index is 3.81. The van der Waals surface area contributed by atoms with Crippen LogP contribution in [0.15, 0.2) is 66.5 Å². The van der Waals surface area contributed by atoms with E-state index >= 15 is 0 Å². The normalized spacial score (nSPS) is 19.0. The second kappa shape index (κ2) is 10.7. The van der Waals surface area contributed by atoms with E-state index in [1.165, 1.54) is 80.2 Å². The number of allylic oxidation sites excluding steroid dienone is 3. The molecule has 4 heteroatoms. The van der Waals surface area contributed by atoms with Crippen LogP contribution >= 0.6 is 47.8 Å². The van der Waals surface area contributed by atoms with Crippen LogP contribution in [0, 0.1) is 20.8 Å². The van der Waals surface area contributed by atoms with E-state index in [1.807, 2.05) is 0 Å². The third-order valence-electron chi connectivity index (χ3n) is 8.61. The van der Waals surface area contributed by atoms with Gasteiger partial charge in [-0.25, -0.2) is 0 Å². The van der Waals surface area contributed by atoms with Gasteiger partial charge in [-0.15, -0.1) is 0 Å². The Morgan fingerprint density at radius 1 is 0.590 bits per heavy atom. The molecule has 0 amide bonds. The lowest BCUT2D eigenvalue weighted by Gasteiger charge is -2.39. The van der Waals surface area contributed by atoms with E-state index < -0.39 is 8.07 Å². The Bertz CT molecular complexity index is 1520. The van der Waals surface area contributed by atoms with Gasteiger partial charge in [0.15, 0.2) is 0 Å². The largest absolute Gasteiger partial charge is 0.0722 e. The topological polar surface area (TPSA) is 0 Å². The zero-order valence-electron chi connectivity index (χ0n) is 24.2. The molecule has 2 unspecified atom stereocenters. The Balaban J connectivity index is 0.000000214. The molecule has 202 valence electrons. The number of aryl methyl sites for hydroxylation is 3. The maximum Gasteiger partial charge on any atom is 0.0722 e. The molecule has 2 atom stereocenters. The van der Waals surface area contributed by atoms with Crippen LogP contribution in [0.5, 0.6) is 0 Å². The highest BCUT2D eigenvalue weighted by atomic mass is 79.9. The molecule has 0 fully saturated rings. The van der Waals surface area contributed by atoms with Crippen molar-refractivity contribution in [2.45, 2.75) is 72.1 Å². The van der Waals surface area contributed by atoms with Crippen LogP contribution in [0.4, 0.5) is 0 Å². The molecule has 0 bridgehead atoms. The summed E-state index contributed by atoms with van der Waals surface area (Å²) in [6.07, 6.45) is 8.21. The van der Waals surface area contributed by atoms with Crippen molar-refractivity contribution in [3.8, 4) is 0 Å². The van der Waals surface area contributed by atoms with Crippen molar-refractivity contribution in [2.24, 2.45) is 0 Å². The molecule has 39 heavy (non-hydrogen) atoms. The Morgan fingerprint density at radius 2 is 1.03 bits per heavy atom. The number of benzene rings is 3. The van der Waals surface area contributed by atoms with Crippen LogP contribution in [-0.4, -0.2) is 8.07 Å². The number of fused-ring (bicyclic) bond motifs is 3. The van der Waals surface area contributed by atoms with E-state index in [1.54, 1.807) is 0 Å². The Labute approximate surface area is 261 Å². The van der Waals surface area contributed by atoms with Crippen LogP contribution < -0.4 is 0 Å². The van der Waals surface area contributed by atoms with E-state index in [0.717, 1.165) is 6.42 Å².